The molecule has 0 saturated carbocycles. The fourth-order valence-electron chi connectivity index (χ4n) is 14.2. The number of likely N-dealkylation sites (tertiary alicyclic amines) is 1. The molecule has 1 unspecified atom stereocenters. The molecule has 106 heavy (non-hydrogen) atoms. The third-order valence-electron chi connectivity index (χ3n) is 19.6. The number of nitrogens with one attached hydrogen (secondary N) is 4. The largest absolute Gasteiger partial charge is 0.467 e. The molecule has 0 radical (unpaired) electrons. The van der Waals surface area contributed by atoms with E-state index in [1.807, 2.05) is 121 Å². The van der Waals surface area contributed by atoms with Gasteiger partial charge in [-0.3, -0.25) is 38.4 Å². The van der Waals surface area contributed by atoms with Gasteiger partial charge >= 0.3 is 35.9 Å². The van der Waals surface area contributed by atoms with Crippen LogP contribution in [0.4, 0.5) is 10.5 Å². The van der Waals surface area contributed by atoms with Gasteiger partial charge in [0.1, 0.15) is 48.4 Å². The van der Waals surface area contributed by atoms with Crippen LogP contribution in [-0.4, -0.2) is 183 Å². The summed E-state index contributed by atoms with van der Waals surface area (Å²) >= 11 is 1.28. The van der Waals surface area contributed by atoms with Crippen LogP contribution >= 0.6 is 11.3 Å². The van der Waals surface area contributed by atoms with Crippen LogP contribution < -0.4 is 26.0 Å². The molecule has 1 aliphatic carbocycles. The highest BCUT2D eigenvalue weighted by molar-refractivity contribution is 7.09. The second-order valence-corrected chi connectivity index (χ2v) is 28.7. The molecule has 26 nitrogen and oxygen atoms in total. The maximum Gasteiger partial charge on any atom is 0.407 e. The summed E-state index contributed by atoms with van der Waals surface area (Å²) in [5.74, 6) is -7.07. The molecule has 2 saturated heterocycles. The molecular formula is C79H102N7O19S+. The highest BCUT2D eigenvalue weighted by Gasteiger charge is 2.56. The number of benzene rings is 4. The first-order valence-corrected chi connectivity index (χ1v) is 37.1. The Bertz CT molecular complexity index is 3860. The van der Waals surface area contributed by atoms with Crippen LogP contribution in [0, 0.1) is 17.8 Å². The predicted molar refractivity (Wildman–Crippen MR) is 393 cm³/mol. The first-order valence-electron chi connectivity index (χ1n) is 36.2. The molecule has 1 aromatic heterocycles. The van der Waals surface area contributed by atoms with Crippen molar-refractivity contribution in [3.8, 4) is 16.9 Å². The highest BCUT2D eigenvalue weighted by atomic mass is 32.1. The van der Waals surface area contributed by atoms with E-state index >= 15 is 9.59 Å². The Labute approximate surface area is 623 Å². The van der Waals surface area contributed by atoms with E-state index in [4.69, 9.17) is 47.6 Å². The number of carbonyl (C=O) groups is 10. The molecule has 0 spiro atoms. The normalized spacial score (nSPS) is 20.6. The molecule has 3 aliphatic rings. The molecule has 8 rings (SSSR count). The summed E-state index contributed by atoms with van der Waals surface area (Å²) in [6, 6.07) is 27.8. The summed E-state index contributed by atoms with van der Waals surface area (Å²) in [6.07, 6.45) is -5.27. The number of thiazole rings is 1. The number of likely N-dealkylation sites (N-methyl/N-ethyl adjacent to an activating group) is 2. The first kappa shape index (κ1) is 82.1. The third kappa shape index (κ3) is 21.6. The Balaban J connectivity index is 1.01. The van der Waals surface area contributed by atoms with Gasteiger partial charge in [-0.25, -0.2) is 14.6 Å². The molecule has 2 aliphatic heterocycles. The van der Waals surface area contributed by atoms with E-state index in [-0.39, 0.29) is 83.9 Å². The van der Waals surface area contributed by atoms with Gasteiger partial charge in [-0.05, 0) is 90.5 Å². The van der Waals surface area contributed by atoms with Gasteiger partial charge in [0.2, 0.25) is 24.2 Å². The minimum Gasteiger partial charge on any atom is -0.467 e. The number of aromatic nitrogens is 1. The maximum absolute atomic E-state index is 15.2. The number of fused-ring (bicyclic) bond motifs is 3. The lowest BCUT2D eigenvalue weighted by atomic mass is 9.92. The summed E-state index contributed by atoms with van der Waals surface area (Å²) in [5, 5.41) is 14.1. The number of rotatable bonds is 35. The number of alkyl carbamates (subject to hydrolysis) is 1. The van der Waals surface area contributed by atoms with E-state index in [1.165, 1.54) is 23.5 Å². The maximum atomic E-state index is 15.2. The Morgan fingerprint density at radius 2 is 1.43 bits per heavy atom. The number of hydrogen-bond acceptors (Lipinski definition) is 21. The van der Waals surface area contributed by atoms with Gasteiger partial charge in [0.05, 0.1) is 32.3 Å². The average molecular weight is 1490 g/mol. The number of quaternary nitrogens is 1. The number of piperidine rings is 1. The second kappa shape index (κ2) is 38.6. The lowest BCUT2D eigenvalue weighted by Crippen LogP contribution is -2.64. The summed E-state index contributed by atoms with van der Waals surface area (Å²) in [6.45, 7) is 19.3. The zero-order valence-electron chi connectivity index (χ0n) is 62.6. The van der Waals surface area contributed by atoms with Crippen molar-refractivity contribution in [3.63, 3.8) is 0 Å². The number of carbonyl (C=O) groups excluding carboxylic acids is 10. The summed E-state index contributed by atoms with van der Waals surface area (Å²) in [4.78, 5) is 143. The van der Waals surface area contributed by atoms with Gasteiger partial charge in [-0.1, -0.05) is 133 Å². The molecule has 5 amide bonds. The van der Waals surface area contributed by atoms with Crippen molar-refractivity contribution in [2.75, 3.05) is 59.4 Å². The molecule has 4 aromatic carbocycles. The standard InChI is InChI=1S/C79H101N7O19S/c1-14-38-99-76(94)48(7)39-54(40-52-26-18-17-19-27-52)81-72(91)61-45-106-74(83-61)65(98-16-3)42-62(46(4)5)85(11)75(93)67(47(6)15-2)84-73(92)63-32-24-25-37-86(63,12)43-53-33-34-64(104-78-71(103-51(10)89)69(102-50(9)88)68(101-49(8)87)70(105-78)77(95)97-13)60(41-53)82-66(90)35-36-80-79(96)100-44-59-57-30-22-20-28-55(57)56-29-21-23-31-58(56)59/h14,17-23,26-31,33-34,41,45-48,54,59,62-63,65,67-71,78H,1,15-16,24-25,32,35-40,42-44H2,2-13H3,(H3-,80,81,82,84,90,91,92,96)/p+1/t47-,48-,54+,62+,63+,65+,67-,68-,69-,70-,71+,78+,86?/m0/s1. The van der Waals surface area contributed by atoms with E-state index in [1.54, 1.807) is 36.4 Å². The van der Waals surface area contributed by atoms with Crippen molar-refractivity contribution in [2.24, 2.45) is 17.8 Å². The summed E-state index contributed by atoms with van der Waals surface area (Å²) < 4.78 is 51.9. The van der Waals surface area contributed by atoms with Gasteiger partial charge < -0.3 is 73.3 Å². The molecule has 0 bridgehead atoms. The fourth-order valence-corrected chi connectivity index (χ4v) is 15.0. The van der Waals surface area contributed by atoms with E-state index in [0.717, 1.165) is 62.1 Å². The van der Waals surface area contributed by atoms with Gasteiger partial charge in [0.15, 0.2) is 24.4 Å². The van der Waals surface area contributed by atoms with Crippen molar-refractivity contribution >= 4 is 76.6 Å². The van der Waals surface area contributed by atoms with Crippen molar-refractivity contribution < 1.29 is 95.1 Å². The van der Waals surface area contributed by atoms with Crippen LogP contribution in [0.5, 0.6) is 5.75 Å². The van der Waals surface area contributed by atoms with Crippen molar-refractivity contribution in [1.29, 1.82) is 0 Å². The quantitative estimate of drug-likeness (QED) is 0.0127. The fraction of sp³-hybridized carbons (Fsp3) is 0.506. The molecular weight excluding hydrogens is 1380 g/mol. The Hall–Kier alpha value is -9.57. The van der Waals surface area contributed by atoms with Crippen LogP contribution in [0.3, 0.4) is 0 Å². The van der Waals surface area contributed by atoms with Gasteiger partial charge in [0.25, 0.3) is 11.8 Å². The minimum atomic E-state index is -1.80. The van der Waals surface area contributed by atoms with Gasteiger partial charge in [-0.2, -0.15) is 0 Å². The smallest absolute Gasteiger partial charge is 0.407 e. The predicted octanol–water partition coefficient (Wildman–Crippen LogP) is 9.86. The SMILES string of the molecule is C=CCOC(=O)[C@@H](C)C[C@H](Cc1ccccc1)NC(=O)c1csc([C@@H](C[C@H](C(C)C)N(C)C(=O)[C@@H](NC(=O)[C@H]2CCCC[N+]2(C)Cc2ccc(O[C@@H]3O[C@H](C(=O)OC)[C@@H](OC(C)=O)[C@H](OC(C)=O)[C@H]3OC(C)=O)c(NC(=O)CCNC(=O)OCC3c4ccccc4-c4ccccc43)c2)[C@@H](C)CC)OCC)n1. The molecule has 27 heteroatoms. The number of esters is 5. The number of anilines is 1. The van der Waals surface area contributed by atoms with Crippen LogP contribution in [0.2, 0.25) is 0 Å². The Morgan fingerprint density at radius 1 is 0.783 bits per heavy atom. The van der Waals surface area contributed by atoms with E-state index in [9.17, 15) is 38.4 Å². The number of methoxy groups -OCH3 is 1. The highest BCUT2D eigenvalue weighted by Crippen LogP contribution is 2.45. The molecule has 13 atom stereocenters. The summed E-state index contributed by atoms with van der Waals surface area (Å²) in [7, 11) is 4.75. The van der Waals surface area contributed by atoms with Gasteiger partial charge in [-0.15, -0.1) is 11.3 Å². The minimum absolute atomic E-state index is 0.0338. The molecule has 2 fully saturated rings. The van der Waals surface area contributed by atoms with Gasteiger partial charge in [0, 0.05) is 89.2 Å². The Kier molecular flexibility index (Phi) is 29.9. The molecule has 3 heterocycles. The lowest BCUT2D eigenvalue weighted by molar-refractivity contribution is -0.942. The number of nitrogens with zero attached hydrogens (tertiary/aromatic N) is 3. The number of hydrogen-bond donors (Lipinski definition) is 4. The van der Waals surface area contributed by atoms with Crippen molar-refractivity contribution in [1.82, 2.24) is 25.8 Å². The average Bonchev–Trinajstić information content (AvgIpc) is 1.35. The monoisotopic (exact) mass is 1480 g/mol. The number of ether oxygens (including phenoxy) is 9. The molecule has 5 aromatic rings. The van der Waals surface area contributed by atoms with Crippen LogP contribution in [0.25, 0.3) is 11.1 Å². The van der Waals surface area contributed by atoms with Crippen molar-refractivity contribution in [2.45, 2.75) is 187 Å². The van der Waals surface area contributed by atoms with E-state index < -0.39 is 115 Å². The molecule has 572 valence electrons. The van der Waals surface area contributed by atoms with Crippen LogP contribution in [0.1, 0.15) is 157 Å². The van der Waals surface area contributed by atoms with E-state index in [0.29, 0.717) is 62.2 Å². The third-order valence-corrected chi connectivity index (χ3v) is 20.6. The number of amides is 5. The van der Waals surface area contributed by atoms with Crippen molar-refractivity contribution in [3.05, 3.63) is 148 Å². The molecule has 4 N–H and O–H groups in total. The summed E-state index contributed by atoms with van der Waals surface area (Å²) in [5.41, 5.74) is 5.97. The van der Waals surface area contributed by atoms with Crippen LogP contribution in [0.15, 0.2) is 115 Å². The van der Waals surface area contributed by atoms with Crippen LogP contribution in [-0.2, 0) is 89.2 Å². The zero-order valence-corrected chi connectivity index (χ0v) is 63.4. The lowest BCUT2D eigenvalue weighted by Gasteiger charge is -2.45. The topological polar surface area (TPSA) is 318 Å². The second-order valence-electron chi connectivity index (χ2n) is 27.8. The zero-order chi connectivity index (χ0) is 76.9. The van der Waals surface area contributed by atoms with E-state index in [2.05, 4.69) is 27.8 Å². The first-order chi connectivity index (χ1) is 50.7. The Morgan fingerprint density at radius 3 is 2.07 bits per heavy atom.